The first kappa shape index (κ1) is 17.7. The lowest BCUT2D eigenvalue weighted by Gasteiger charge is -2.05. The van der Waals surface area contributed by atoms with Gasteiger partial charge in [-0.3, -0.25) is 0 Å². The van der Waals surface area contributed by atoms with E-state index in [0.717, 1.165) is 11.1 Å². The van der Waals surface area contributed by atoms with Crippen LogP contribution in [0, 0.1) is 5.82 Å². The lowest BCUT2D eigenvalue weighted by molar-refractivity contribution is 0.0464. The summed E-state index contributed by atoms with van der Waals surface area (Å²) in [5, 5.41) is 3.89. The summed E-state index contributed by atoms with van der Waals surface area (Å²) in [6, 6.07) is 24.7. The average molecular weight is 373 g/mol. The zero-order valence-electron chi connectivity index (χ0n) is 14.8. The molecule has 0 spiro atoms. The van der Waals surface area contributed by atoms with Crippen LogP contribution >= 0.6 is 0 Å². The van der Waals surface area contributed by atoms with E-state index < -0.39 is 5.97 Å². The molecule has 4 rings (SSSR count). The molecule has 0 N–H and O–H groups in total. The monoisotopic (exact) mass is 373 g/mol. The maximum atomic E-state index is 13.0. The van der Waals surface area contributed by atoms with Gasteiger partial charge in [0.15, 0.2) is 5.76 Å². The number of aromatic nitrogens is 1. The number of ether oxygens (including phenoxy) is 1. The zero-order valence-corrected chi connectivity index (χ0v) is 14.8. The number of benzene rings is 3. The van der Waals surface area contributed by atoms with E-state index in [1.165, 1.54) is 12.1 Å². The minimum Gasteiger partial charge on any atom is -0.455 e. The Kier molecular flexibility index (Phi) is 4.97. The molecule has 138 valence electrons. The van der Waals surface area contributed by atoms with Gasteiger partial charge in [0.2, 0.25) is 0 Å². The van der Waals surface area contributed by atoms with E-state index >= 15 is 0 Å². The fourth-order valence-electron chi connectivity index (χ4n) is 2.78. The lowest BCUT2D eigenvalue weighted by atomic mass is 10.0. The fraction of sp³-hybridized carbons (Fsp3) is 0.0435. The predicted molar refractivity (Wildman–Crippen MR) is 103 cm³/mol. The Balaban J connectivity index is 1.39. The van der Waals surface area contributed by atoms with Crippen molar-refractivity contribution in [3.05, 3.63) is 102 Å². The van der Waals surface area contributed by atoms with Gasteiger partial charge in [0, 0.05) is 11.6 Å². The van der Waals surface area contributed by atoms with E-state index in [4.69, 9.17) is 9.26 Å². The standard InChI is InChI=1S/C23H16FNO3/c24-20-12-10-18(11-13-20)22-14-21(25-28-22)15-27-23(26)19-8-6-17(7-9-19)16-4-2-1-3-5-16/h1-14H,15H2. The minimum atomic E-state index is -0.439. The smallest absolute Gasteiger partial charge is 0.338 e. The molecule has 0 atom stereocenters. The van der Waals surface area contributed by atoms with Gasteiger partial charge in [-0.15, -0.1) is 0 Å². The molecule has 0 unspecified atom stereocenters. The molecule has 0 bridgehead atoms. The van der Waals surface area contributed by atoms with Crippen molar-refractivity contribution in [1.29, 1.82) is 0 Å². The summed E-state index contributed by atoms with van der Waals surface area (Å²) in [6.07, 6.45) is 0. The molecule has 0 fully saturated rings. The molecular formula is C23H16FNO3. The molecule has 0 radical (unpaired) electrons. The predicted octanol–water partition coefficient (Wildman–Crippen LogP) is 5.50. The molecule has 0 saturated carbocycles. The summed E-state index contributed by atoms with van der Waals surface area (Å²) in [7, 11) is 0. The highest BCUT2D eigenvalue weighted by atomic mass is 19.1. The highest BCUT2D eigenvalue weighted by Gasteiger charge is 2.11. The maximum Gasteiger partial charge on any atom is 0.338 e. The van der Waals surface area contributed by atoms with Gasteiger partial charge in [-0.1, -0.05) is 47.6 Å². The number of rotatable bonds is 5. The van der Waals surface area contributed by atoms with Crippen molar-refractivity contribution in [2.24, 2.45) is 0 Å². The fourth-order valence-corrected chi connectivity index (χ4v) is 2.78. The van der Waals surface area contributed by atoms with Gasteiger partial charge in [0.25, 0.3) is 0 Å². The third-order valence-electron chi connectivity index (χ3n) is 4.27. The first-order chi connectivity index (χ1) is 13.7. The van der Waals surface area contributed by atoms with Crippen LogP contribution in [-0.4, -0.2) is 11.1 Å². The molecule has 1 heterocycles. The van der Waals surface area contributed by atoms with Crippen molar-refractivity contribution in [1.82, 2.24) is 5.16 Å². The number of carbonyl (C=O) groups is 1. The third kappa shape index (κ3) is 3.99. The first-order valence-electron chi connectivity index (χ1n) is 8.73. The zero-order chi connectivity index (χ0) is 19.3. The second kappa shape index (κ2) is 7.88. The van der Waals surface area contributed by atoms with Gasteiger partial charge in [0.05, 0.1) is 5.56 Å². The van der Waals surface area contributed by atoms with E-state index in [9.17, 15) is 9.18 Å². The number of carbonyl (C=O) groups excluding carboxylic acids is 1. The molecule has 0 aliphatic rings. The normalized spacial score (nSPS) is 10.6. The molecule has 28 heavy (non-hydrogen) atoms. The van der Waals surface area contributed by atoms with Crippen molar-refractivity contribution in [3.8, 4) is 22.5 Å². The highest BCUT2D eigenvalue weighted by Crippen LogP contribution is 2.22. The van der Waals surface area contributed by atoms with Gasteiger partial charge >= 0.3 is 5.97 Å². The molecule has 1 aromatic heterocycles. The number of hydrogen-bond acceptors (Lipinski definition) is 4. The van der Waals surface area contributed by atoms with Gasteiger partial charge < -0.3 is 9.26 Å². The second-order valence-electron chi connectivity index (χ2n) is 6.21. The number of nitrogens with zero attached hydrogens (tertiary/aromatic N) is 1. The Morgan fingerprint density at radius 2 is 1.50 bits per heavy atom. The summed E-state index contributed by atoms with van der Waals surface area (Å²) in [6.45, 7) is -0.00996. The number of esters is 1. The van der Waals surface area contributed by atoms with Crippen LogP contribution in [0.15, 0.2) is 89.5 Å². The molecule has 0 saturated heterocycles. The lowest BCUT2D eigenvalue weighted by Crippen LogP contribution is -2.05. The highest BCUT2D eigenvalue weighted by molar-refractivity contribution is 5.90. The van der Waals surface area contributed by atoms with Crippen LogP contribution in [0.2, 0.25) is 0 Å². The maximum absolute atomic E-state index is 13.0. The summed E-state index contributed by atoms with van der Waals surface area (Å²) >= 11 is 0. The topological polar surface area (TPSA) is 52.3 Å². The van der Waals surface area contributed by atoms with Crippen molar-refractivity contribution in [2.45, 2.75) is 6.61 Å². The van der Waals surface area contributed by atoms with Crippen LogP contribution in [0.4, 0.5) is 4.39 Å². The molecule has 5 heteroatoms. The SMILES string of the molecule is O=C(OCc1cc(-c2ccc(F)cc2)on1)c1ccc(-c2ccccc2)cc1. The van der Waals surface area contributed by atoms with E-state index in [0.29, 0.717) is 22.6 Å². The van der Waals surface area contributed by atoms with Crippen molar-refractivity contribution < 1.29 is 18.4 Å². The Morgan fingerprint density at radius 1 is 0.857 bits per heavy atom. The van der Waals surface area contributed by atoms with Crippen LogP contribution in [0.25, 0.3) is 22.5 Å². The van der Waals surface area contributed by atoms with E-state index in [1.54, 1.807) is 30.3 Å². The van der Waals surface area contributed by atoms with E-state index in [-0.39, 0.29) is 12.4 Å². The summed E-state index contributed by atoms with van der Waals surface area (Å²) < 4.78 is 23.5. The van der Waals surface area contributed by atoms with Crippen LogP contribution in [-0.2, 0) is 11.3 Å². The third-order valence-corrected chi connectivity index (χ3v) is 4.27. The number of halogens is 1. The Labute approximate surface area is 161 Å². The summed E-state index contributed by atoms with van der Waals surface area (Å²) in [4.78, 5) is 12.3. The summed E-state index contributed by atoms with van der Waals surface area (Å²) in [5.74, 6) is -0.278. The van der Waals surface area contributed by atoms with E-state index in [2.05, 4.69) is 5.16 Å². The van der Waals surface area contributed by atoms with Crippen molar-refractivity contribution in [3.63, 3.8) is 0 Å². The van der Waals surface area contributed by atoms with Gasteiger partial charge in [-0.2, -0.15) is 0 Å². The van der Waals surface area contributed by atoms with Crippen LogP contribution < -0.4 is 0 Å². The Morgan fingerprint density at radius 3 is 2.21 bits per heavy atom. The quantitative estimate of drug-likeness (QED) is 0.433. The molecule has 3 aromatic carbocycles. The van der Waals surface area contributed by atoms with Crippen LogP contribution in [0.3, 0.4) is 0 Å². The van der Waals surface area contributed by atoms with Crippen LogP contribution in [0.1, 0.15) is 16.1 Å². The molecule has 0 aliphatic carbocycles. The molecule has 4 nitrogen and oxygen atoms in total. The summed E-state index contributed by atoms with van der Waals surface area (Å²) in [5.41, 5.74) is 3.74. The molecule has 0 aliphatic heterocycles. The van der Waals surface area contributed by atoms with Gasteiger partial charge in [-0.25, -0.2) is 9.18 Å². The van der Waals surface area contributed by atoms with Crippen molar-refractivity contribution in [2.75, 3.05) is 0 Å². The van der Waals surface area contributed by atoms with Crippen LogP contribution in [0.5, 0.6) is 0 Å². The Hall–Kier alpha value is -3.73. The largest absolute Gasteiger partial charge is 0.455 e. The molecular weight excluding hydrogens is 357 g/mol. The second-order valence-corrected chi connectivity index (χ2v) is 6.21. The average Bonchev–Trinajstić information content (AvgIpc) is 3.22. The first-order valence-corrected chi connectivity index (χ1v) is 8.73. The minimum absolute atomic E-state index is 0.00996. The molecule has 4 aromatic rings. The van der Waals surface area contributed by atoms with Gasteiger partial charge in [0.1, 0.15) is 18.1 Å². The van der Waals surface area contributed by atoms with Crippen molar-refractivity contribution >= 4 is 5.97 Å². The molecule has 0 amide bonds. The number of hydrogen-bond donors (Lipinski definition) is 0. The van der Waals surface area contributed by atoms with E-state index in [1.807, 2.05) is 42.5 Å². The van der Waals surface area contributed by atoms with Gasteiger partial charge in [-0.05, 0) is 47.5 Å². The Bertz CT molecular complexity index is 1070.